The predicted octanol–water partition coefficient (Wildman–Crippen LogP) is 3.38. The van der Waals surface area contributed by atoms with Crippen LogP contribution in [0.4, 0.5) is 10.1 Å². The van der Waals surface area contributed by atoms with Gasteiger partial charge in [0.25, 0.3) is 0 Å². The molecule has 0 heterocycles. The Morgan fingerprint density at radius 3 is 2.52 bits per heavy atom. The van der Waals surface area contributed by atoms with E-state index in [1.165, 1.54) is 18.7 Å². The van der Waals surface area contributed by atoms with Crippen molar-refractivity contribution in [2.75, 3.05) is 19.0 Å². The van der Waals surface area contributed by atoms with Crippen molar-refractivity contribution >= 4 is 5.69 Å². The van der Waals surface area contributed by atoms with Crippen LogP contribution in [0.15, 0.2) is 48.5 Å². The monoisotopic (exact) mass is 288 g/mol. The second-order valence-corrected chi connectivity index (χ2v) is 5.04. The Morgan fingerprint density at radius 2 is 1.90 bits per heavy atom. The highest BCUT2D eigenvalue weighted by atomic mass is 19.1. The summed E-state index contributed by atoms with van der Waals surface area (Å²) in [5, 5.41) is 3.36. The van der Waals surface area contributed by atoms with Crippen molar-refractivity contribution in [1.82, 2.24) is 0 Å². The predicted molar refractivity (Wildman–Crippen MR) is 84.3 cm³/mol. The molecule has 3 N–H and O–H groups in total. The molecule has 4 heteroatoms. The first-order valence-corrected chi connectivity index (χ1v) is 7.00. The number of halogens is 1. The summed E-state index contributed by atoms with van der Waals surface area (Å²) in [6, 6.07) is 15.0. The number of rotatable bonds is 6. The van der Waals surface area contributed by atoms with E-state index in [9.17, 15) is 4.39 Å². The first kappa shape index (κ1) is 15.3. The van der Waals surface area contributed by atoms with Gasteiger partial charge in [-0.05, 0) is 17.7 Å². The van der Waals surface area contributed by atoms with E-state index in [1.54, 1.807) is 12.1 Å². The van der Waals surface area contributed by atoms with Crippen LogP contribution in [0.25, 0.3) is 0 Å². The van der Waals surface area contributed by atoms with Crippen LogP contribution in [0.2, 0.25) is 0 Å². The topological polar surface area (TPSA) is 47.3 Å². The number of nitrogens with one attached hydrogen (secondary N) is 1. The molecule has 0 radical (unpaired) electrons. The number of hydrogen-bond donors (Lipinski definition) is 2. The maximum atomic E-state index is 13.4. The van der Waals surface area contributed by atoms with Crippen LogP contribution < -0.4 is 15.8 Å². The van der Waals surface area contributed by atoms with Crippen molar-refractivity contribution < 1.29 is 9.13 Å². The summed E-state index contributed by atoms with van der Waals surface area (Å²) in [5.41, 5.74) is 7.91. The molecule has 21 heavy (non-hydrogen) atoms. The van der Waals surface area contributed by atoms with Gasteiger partial charge in [-0.25, -0.2) is 4.39 Å². The van der Waals surface area contributed by atoms with Crippen LogP contribution in [0.3, 0.4) is 0 Å². The van der Waals surface area contributed by atoms with E-state index in [0.717, 1.165) is 5.69 Å². The lowest BCUT2D eigenvalue weighted by Gasteiger charge is -2.25. The molecule has 3 nitrogen and oxygen atoms in total. The Balaban J connectivity index is 2.15. The van der Waals surface area contributed by atoms with Gasteiger partial charge < -0.3 is 15.8 Å². The van der Waals surface area contributed by atoms with E-state index < -0.39 is 0 Å². The summed E-state index contributed by atoms with van der Waals surface area (Å²) < 4.78 is 18.4. The molecule has 2 unspecified atom stereocenters. The highest BCUT2D eigenvalue weighted by molar-refractivity contribution is 5.50. The van der Waals surface area contributed by atoms with Crippen molar-refractivity contribution in [2.45, 2.75) is 18.9 Å². The van der Waals surface area contributed by atoms with Crippen LogP contribution >= 0.6 is 0 Å². The smallest absolute Gasteiger partial charge is 0.165 e. The normalized spacial score (nSPS) is 13.5. The molecule has 0 amide bonds. The SMILES string of the molecule is COc1cc(NC(CN)C(C)c2ccccc2)ccc1F. The lowest BCUT2D eigenvalue weighted by molar-refractivity contribution is 0.386. The third-order valence-electron chi connectivity index (χ3n) is 3.69. The molecule has 0 fully saturated rings. The second kappa shape index (κ2) is 7.09. The fourth-order valence-electron chi connectivity index (χ4n) is 2.34. The molecule has 0 aliphatic carbocycles. The molecule has 0 aliphatic rings. The summed E-state index contributed by atoms with van der Waals surface area (Å²) in [7, 11) is 1.45. The van der Waals surface area contributed by atoms with E-state index in [1.807, 2.05) is 18.2 Å². The van der Waals surface area contributed by atoms with E-state index in [4.69, 9.17) is 10.5 Å². The lowest BCUT2D eigenvalue weighted by atomic mass is 9.93. The molecule has 0 saturated heterocycles. The number of methoxy groups -OCH3 is 1. The van der Waals surface area contributed by atoms with E-state index >= 15 is 0 Å². The Bertz CT molecular complexity index is 574. The molecule has 0 saturated carbocycles. The Labute approximate surface area is 124 Å². The van der Waals surface area contributed by atoms with E-state index in [2.05, 4.69) is 24.4 Å². The van der Waals surface area contributed by atoms with Gasteiger partial charge in [-0.1, -0.05) is 37.3 Å². The summed E-state index contributed by atoms with van der Waals surface area (Å²) in [5.74, 6) is 0.0961. The highest BCUT2D eigenvalue weighted by Gasteiger charge is 2.17. The van der Waals surface area contributed by atoms with Crippen molar-refractivity contribution in [2.24, 2.45) is 5.73 Å². The van der Waals surface area contributed by atoms with Gasteiger partial charge in [0.1, 0.15) is 0 Å². The summed E-state index contributed by atoms with van der Waals surface area (Å²) >= 11 is 0. The second-order valence-electron chi connectivity index (χ2n) is 5.04. The molecular weight excluding hydrogens is 267 g/mol. The van der Waals surface area contributed by atoms with E-state index in [0.29, 0.717) is 6.54 Å². The fourth-order valence-corrected chi connectivity index (χ4v) is 2.34. The minimum Gasteiger partial charge on any atom is -0.494 e. The van der Waals surface area contributed by atoms with Gasteiger partial charge in [0.15, 0.2) is 11.6 Å². The van der Waals surface area contributed by atoms with Gasteiger partial charge in [-0.15, -0.1) is 0 Å². The standard InChI is InChI=1S/C17H21FN2O/c1-12(13-6-4-3-5-7-13)16(11-19)20-14-8-9-15(18)17(10-14)21-2/h3-10,12,16,20H,11,19H2,1-2H3. The Morgan fingerprint density at radius 1 is 1.19 bits per heavy atom. The summed E-state index contributed by atoms with van der Waals surface area (Å²) in [6.07, 6.45) is 0. The highest BCUT2D eigenvalue weighted by Crippen LogP contribution is 2.25. The molecule has 2 atom stereocenters. The zero-order valence-corrected chi connectivity index (χ0v) is 12.3. The lowest BCUT2D eigenvalue weighted by Crippen LogP contribution is -2.33. The average Bonchev–Trinajstić information content (AvgIpc) is 2.54. The van der Waals surface area contributed by atoms with Crippen molar-refractivity contribution in [3.05, 3.63) is 59.9 Å². The first-order valence-electron chi connectivity index (χ1n) is 7.00. The minimum absolute atomic E-state index is 0.0579. The van der Waals surface area contributed by atoms with E-state index in [-0.39, 0.29) is 23.5 Å². The third kappa shape index (κ3) is 3.73. The van der Waals surface area contributed by atoms with Crippen LogP contribution in [0.5, 0.6) is 5.75 Å². The fraction of sp³-hybridized carbons (Fsp3) is 0.294. The van der Waals surface area contributed by atoms with Gasteiger partial charge in [0.2, 0.25) is 0 Å². The molecule has 2 aromatic carbocycles. The number of anilines is 1. The molecule has 2 aromatic rings. The molecule has 2 rings (SSSR count). The van der Waals surface area contributed by atoms with Crippen LogP contribution in [-0.4, -0.2) is 19.7 Å². The van der Waals surface area contributed by atoms with Crippen LogP contribution in [0.1, 0.15) is 18.4 Å². The molecular formula is C17H21FN2O. The largest absolute Gasteiger partial charge is 0.494 e. The molecule has 0 bridgehead atoms. The maximum Gasteiger partial charge on any atom is 0.165 e. The first-order chi connectivity index (χ1) is 10.2. The van der Waals surface area contributed by atoms with Gasteiger partial charge in [0, 0.05) is 30.3 Å². The zero-order valence-electron chi connectivity index (χ0n) is 12.3. The number of ether oxygens (including phenoxy) is 1. The van der Waals surface area contributed by atoms with Gasteiger partial charge in [-0.2, -0.15) is 0 Å². The molecule has 0 spiro atoms. The Hall–Kier alpha value is -2.07. The van der Waals surface area contributed by atoms with Crippen molar-refractivity contribution in [3.63, 3.8) is 0 Å². The summed E-state index contributed by atoms with van der Waals surface area (Å²) in [6.45, 7) is 2.61. The van der Waals surface area contributed by atoms with Gasteiger partial charge in [-0.3, -0.25) is 0 Å². The van der Waals surface area contributed by atoms with Crippen molar-refractivity contribution in [3.8, 4) is 5.75 Å². The Kier molecular flexibility index (Phi) is 5.17. The van der Waals surface area contributed by atoms with Gasteiger partial charge in [0.05, 0.1) is 7.11 Å². The van der Waals surface area contributed by atoms with Crippen LogP contribution in [-0.2, 0) is 0 Å². The van der Waals surface area contributed by atoms with Gasteiger partial charge >= 0.3 is 0 Å². The van der Waals surface area contributed by atoms with Crippen LogP contribution in [0, 0.1) is 5.82 Å². The number of benzene rings is 2. The molecule has 0 aromatic heterocycles. The maximum absolute atomic E-state index is 13.4. The average molecular weight is 288 g/mol. The summed E-state index contributed by atoms with van der Waals surface area (Å²) in [4.78, 5) is 0. The molecule has 112 valence electrons. The number of hydrogen-bond acceptors (Lipinski definition) is 3. The quantitative estimate of drug-likeness (QED) is 0.856. The van der Waals surface area contributed by atoms with Crippen molar-refractivity contribution in [1.29, 1.82) is 0 Å². The minimum atomic E-state index is -0.372. The zero-order chi connectivity index (χ0) is 15.2. The molecule has 0 aliphatic heterocycles. The third-order valence-corrected chi connectivity index (χ3v) is 3.69. The number of nitrogens with two attached hydrogens (primary N) is 1.